The van der Waals surface area contributed by atoms with Crippen molar-refractivity contribution >= 4 is 45.5 Å². The molecule has 16 heteroatoms. The highest BCUT2D eigenvalue weighted by molar-refractivity contribution is 9.10. The highest BCUT2D eigenvalue weighted by Crippen LogP contribution is 2.37. The zero-order valence-electron chi connectivity index (χ0n) is 21.8. The molecule has 0 saturated carbocycles. The standard InChI is InChI=1S/C25H25BrClN9O5/c1-38-20-11-16(10-18(26)22(20)40-14-15-3-2-4-17(27)9-15)12-29-31-25(37)21-19(13-35-5-7-39-8-6-35)30-34-36(21)24-23(28)32-41-33-24/h2-4,9-12H,5-8,13-14H2,1H3,(H2,28,32)(H,31,37)/b29-12-. The minimum absolute atomic E-state index is 0.0417. The number of nitrogens with one attached hydrogen (secondary N) is 1. The number of carbonyl (C=O) groups excluding carboxylic acids is 1. The number of nitrogens with zero attached hydrogens (tertiary/aromatic N) is 7. The fourth-order valence-electron chi connectivity index (χ4n) is 4.06. The smallest absolute Gasteiger partial charge is 0.292 e. The Bertz CT molecular complexity index is 1550. The van der Waals surface area contributed by atoms with Gasteiger partial charge in [-0.15, -0.1) is 5.10 Å². The van der Waals surface area contributed by atoms with E-state index >= 15 is 0 Å². The Kier molecular flexibility index (Phi) is 9.08. The zero-order chi connectivity index (χ0) is 28.8. The fourth-order valence-corrected chi connectivity index (χ4v) is 4.85. The van der Waals surface area contributed by atoms with E-state index in [2.05, 4.69) is 56.6 Å². The molecule has 1 amide bonds. The second kappa shape index (κ2) is 13.1. The second-order valence-corrected chi connectivity index (χ2v) is 10.1. The summed E-state index contributed by atoms with van der Waals surface area (Å²) < 4.78 is 23.4. The predicted molar refractivity (Wildman–Crippen MR) is 151 cm³/mol. The molecular formula is C25H25BrClN9O5. The lowest BCUT2D eigenvalue weighted by Gasteiger charge is -2.25. The first-order valence-electron chi connectivity index (χ1n) is 12.3. The van der Waals surface area contributed by atoms with Gasteiger partial charge in [0.2, 0.25) is 11.6 Å². The highest BCUT2D eigenvalue weighted by Gasteiger charge is 2.26. The van der Waals surface area contributed by atoms with Crippen molar-refractivity contribution < 1.29 is 23.6 Å². The largest absolute Gasteiger partial charge is 0.493 e. The van der Waals surface area contributed by atoms with Crippen LogP contribution in [0.1, 0.15) is 27.3 Å². The van der Waals surface area contributed by atoms with Gasteiger partial charge in [-0.1, -0.05) is 28.9 Å². The molecule has 0 radical (unpaired) electrons. The van der Waals surface area contributed by atoms with Gasteiger partial charge >= 0.3 is 0 Å². The number of methoxy groups -OCH3 is 1. The Morgan fingerprint density at radius 3 is 2.83 bits per heavy atom. The molecule has 1 aliphatic heterocycles. The van der Waals surface area contributed by atoms with Crippen molar-refractivity contribution in [3.05, 3.63) is 68.4 Å². The maximum Gasteiger partial charge on any atom is 0.292 e. The summed E-state index contributed by atoms with van der Waals surface area (Å²) in [4.78, 5) is 15.4. The SMILES string of the molecule is COc1cc(/C=N\NC(=O)c2c(CN3CCOCC3)nnn2-c2nonc2N)cc(Br)c1OCc1cccc(Cl)c1. The first-order chi connectivity index (χ1) is 19.9. The van der Waals surface area contributed by atoms with E-state index < -0.39 is 5.91 Å². The molecule has 0 bridgehead atoms. The van der Waals surface area contributed by atoms with Crippen LogP contribution in [-0.4, -0.2) is 75.7 Å². The number of hydrogen-bond donors (Lipinski definition) is 2. The molecule has 3 N–H and O–H groups in total. The van der Waals surface area contributed by atoms with Crippen molar-refractivity contribution in [3.8, 4) is 17.3 Å². The number of hydrazone groups is 1. The Hall–Kier alpha value is -4.05. The predicted octanol–water partition coefficient (Wildman–Crippen LogP) is 2.83. The average molecular weight is 647 g/mol. The molecule has 2 aromatic heterocycles. The third-order valence-electron chi connectivity index (χ3n) is 6.03. The van der Waals surface area contributed by atoms with E-state index in [1.165, 1.54) is 18.0 Å². The Morgan fingerprint density at radius 1 is 1.27 bits per heavy atom. The van der Waals surface area contributed by atoms with Crippen molar-refractivity contribution in [2.24, 2.45) is 5.10 Å². The van der Waals surface area contributed by atoms with E-state index in [1.807, 2.05) is 18.2 Å². The average Bonchev–Trinajstić information content (AvgIpc) is 3.58. The van der Waals surface area contributed by atoms with Gasteiger partial charge in [0.05, 0.1) is 31.0 Å². The normalized spacial score (nSPS) is 13.9. The van der Waals surface area contributed by atoms with Crippen molar-refractivity contribution in [1.29, 1.82) is 0 Å². The maximum atomic E-state index is 13.3. The van der Waals surface area contributed by atoms with Crippen LogP contribution < -0.4 is 20.6 Å². The zero-order valence-corrected chi connectivity index (χ0v) is 24.1. The van der Waals surface area contributed by atoms with Crippen LogP contribution in [0, 0.1) is 0 Å². The molecule has 214 valence electrons. The van der Waals surface area contributed by atoms with Gasteiger partial charge in [-0.25, -0.2) is 10.1 Å². The molecule has 0 aliphatic carbocycles. The molecule has 14 nitrogen and oxygen atoms in total. The van der Waals surface area contributed by atoms with Gasteiger partial charge in [-0.3, -0.25) is 9.69 Å². The lowest BCUT2D eigenvalue weighted by Crippen LogP contribution is -2.36. The summed E-state index contributed by atoms with van der Waals surface area (Å²) in [7, 11) is 1.53. The topological polar surface area (TPSA) is 168 Å². The number of amides is 1. The molecule has 3 heterocycles. The van der Waals surface area contributed by atoms with Crippen molar-refractivity contribution in [2.75, 3.05) is 39.1 Å². The van der Waals surface area contributed by atoms with Crippen LogP contribution in [0.4, 0.5) is 5.82 Å². The first kappa shape index (κ1) is 28.5. The summed E-state index contributed by atoms with van der Waals surface area (Å²) in [6.45, 7) is 3.21. The number of nitrogen functional groups attached to an aromatic ring is 1. The summed E-state index contributed by atoms with van der Waals surface area (Å²) in [5.41, 5.74) is 10.4. The molecule has 5 rings (SSSR count). The van der Waals surface area contributed by atoms with Crippen LogP contribution >= 0.6 is 27.5 Å². The quantitative estimate of drug-likeness (QED) is 0.192. The van der Waals surface area contributed by atoms with Crippen LogP contribution in [-0.2, 0) is 17.9 Å². The Balaban J connectivity index is 1.33. The van der Waals surface area contributed by atoms with E-state index in [1.54, 1.807) is 18.2 Å². The van der Waals surface area contributed by atoms with Gasteiger partial charge in [-0.05, 0) is 61.6 Å². The number of carbonyl (C=O) groups is 1. The van der Waals surface area contributed by atoms with Crippen LogP contribution in [0.2, 0.25) is 5.02 Å². The molecule has 1 saturated heterocycles. The van der Waals surface area contributed by atoms with Gasteiger partial charge in [0.1, 0.15) is 12.3 Å². The Morgan fingerprint density at radius 2 is 2.10 bits per heavy atom. The molecular weight excluding hydrogens is 622 g/mol. The monoisotopic (exact) mass is 645 g/mol. The first-order valence-corrected chi connectivity index (χ1v) is 13.5. The number of rotatable bonds is 10. The van der Waals surface area contributed by atoms with Crippen molar-refractivity contribution in [2.45, 2.75) is 13.2 Å². The molecule has 0 spiro atoms. The maximum absolute atomic E-state index is 13.3. The minimum atomic E-state index is -0.579. The summed E-state index contributed by atoms with van der Waals surface area (Å²) in [6.07, 6.45) is 1.47. The fraction of sp³-hybridized carbons (Fsp3) is 0.280. The summed E-state index contributed by atoms with van der Waals surface area (Å²) in [5, 5.41) is 20.3. The molecule has 1 fully saturated rings. The van der Waals surface area contributed by atoms with Crippen molar-refractivity contribution in [3.63, 3.8) is 0 Å². The summed E-state index contributed by atoms with van der Waals surface area (Å²) in [5.74, 6) is 0.403. The van der Waals surface area contributed by atoms with E-state index in [4.69, 9.17) is 31.5 Å². The van der Waals surface area contributed by atoms with E-state index in [0.29, 0.717) is 71.7 Å². The van der Waals surface area contributed by atoms with Crippen LogP contribution in [0.3, 0.4) is 0 Å². The number of ether oxygens (including phenoxy) is 3. The summed E-state index contributed by atoms with van der Waals surface area (Å²) >= 11 is 9.60. The van der Waals surface area contributed by atoms with E-state index in [-0.39, 0.29) is 17.3 Å². The van der Waals surface area contributed by atoms with Gasteiger partial charge in [0.15, 0.2) is 17.2 Å². The van der Waals surface area contributed by atoms with Crippen LogP contribution in [0.15, 0.2) is 50.6 Å². The number of halogens is 2. The Labute approximate surface area is 247 Å². The molecule has 0 atom stereocenters. The molecule has 0 unspecified atom stereocenters. The third-order valence-corrected chi connectivity index (χ3v) is 6.86. The summed E-state index contributed by atoms with van der Waals surface area (Å²) in [6, 6.07) is 10.9. The van der Waals surface area contributed by atoms with Gasteiger partial charge in [-0.2, -0.15) is 9.78 Å². The number of hydrogen-bond acceptors (Lipinski definition) is 12. The van der Waals surface area contributed by atoms with Gasteiger partial charge < -0.3 is 19.9 Å². The van der Waals surface area contributed by atoms with Gasteiger partial charge in [0, 0.05) is 24.7 Å². The molecule has 1 aliphatic rings. The van der Waals surface area contributed by atoms with Crippen LogP contribution in [0.5, 0.6) is 11.5 Å². The lowest BCUT2D eigenvalue weighted by molar-refractivity contribution is 0.0335. The second-order valence-electron chi connectivity index (χ2n) is 8.81. The number of morpholine rings is 1. The third kappa shape index (κ3) is 6.82. The van der Waals surface area contributed by atoms with Crippen molar-refractivity contribution in [1.82, 2.24) is 35.6 Å². The van der Waals surface area contributed by atoms with E-state index in [9.17, 15) is 4.79 Å². The minimum Gasteiger partial charge on any atom is -0.493 e. The highest BCUT2D eigenvalue weighted by atomic mass is 79.9. The lowest BCUT2D eigenvalue weighted by atomic mass is 10.2. The molecule has 41 heavy (non-hydrogen) atoms. The number of benzene rings is 2. The van der Waals surface area contributed by atoms with Crippen LogP contribution in [0.25, 0.3) is 5.82 Å². The molecule has 4 aromatic rings. The molecule has 2 aromatic carbocycles. The van der Waals surface area contributed by atoms with E-state index in [0.717, 1.165) is 5.56 Å². The number of aromatic nitrogens is 5. The number of anilines is 1. The van der Waals surface area contributed by atoms with Gasteiger partial charge in [0.25, 0.3) is 5.91 Å². The number of nitrogens with two attached hydrogens (primary N) is 1.